The summed E-state index contributed by atoms with van der Waals surface area (Å²) in [5.74, 6) is 0. The molecular weight excluding hydrogens is 94.1 g/mol. The van der Waals surface area contributed by atoms with Crippen LogP contribution in [-0.4, -0.2) is 29.5 Å². The standard InChI is InChI=1S/C3H5N3O/c7-6-3-4-1-2-5-6/h2-3,7H,1H2. The van der Waals surface area contributed by atoms with E-state index in [-0.39, 0.29) is 0 Å². The van der Waals surface area contributed by atoms with Crippen molar-refractivity contribution in [2.24, 2.45) is 10.1 Å². The van der Waals surface area contributed by atoms with E-state index in [4.69, 9.17) is 5.21 Å². The van der Waals surface area contributed by atoms with Crippen LogP contribution in [0.4, 0.5) is 0 Å². The Hall–Kier alpha value is -0.900. The lowest BCUT2D eigenvalue weighted by atomic mass is 10.7. The molecule has 0 fully saturated rings. The normalized spacial score (nSPS) is 18.1. The third kappa shape index (κ3) is 0.972. The van der Waals surface area contributed by atoms with Crippen LogP contribution in [0.15, 0.2) is 10.1 Å². The fourth-order valence-electron chi connectivity index (χ4n) is 0.317. The molecular formula is C3H5N3O. The zero-order chi connectivity index (χ0) is 5.11. The van der Waals surface area contributed by atoms with E-state index >= 15 is 0 Å². The Balaban J connectivity index is 2.49. The van der Waals surface area contributed by atoms with Crippen LogP contribution in [0.3, 0.4) is 0 Å². The molecule has 0 bridgehead atoms. The molecule has 0 saturated carbocycles. The van der Waals surface area contributed by atoms with Gasteiger partial charge in [0.2, 0.25) is 0 Å². The maximum Gasteiger partial charge on any atom is 0.137 e. The molecule has 0 radical (unpaired) electrons. The Morgan fingerprint density at radius 3 is 2.86 bits per heavy atom. The van der Waals surface area contributed by atoms with Crippen molar-refractivity contribution in [2.75, 3.05) is 6.54 Å². The summed E-state index contributed by atoms with van der Waals surface area (Å²) >= 11 is 0. The van der Waals surface area contributed by atoms with Gasteiger partial charge in [0.25, 0.3) is 0 Å². The zero-order valence-corrected chi connectivity index (χ0v) is 3.65. The van der Waals surface area contributed by atoms with Crippen LogP contribution in [0.5, 0.6) is 0 Å². The van der Waals surface area contributed by atoms with Gasteiger partial charge >= 0.3 is 0 Å². The van der Waals surface area contributed by atoms with E-state index in [9.17, 15) is 0 Å². The number of hydrogen-bond acceptors (Lipinski definition) is 4. The smallest absolute Gasteiger partial charge is 0.137 e. The van der Waals surface area contributed by atoms with Gasteiger partial charge in [-0.1, -0.05) is 0 Å². The van der Waals surface area contributed by atoms with Gasteiger partial charge in [0, 0.05) is 6.21 Å². The predicted molar refractivity (Wildman–Crippen MR) is 25.5 cm³/mol. The molecule has 0 aliphatic carbocycles. The zero-order valence-electron chi connectivity index (χ0n) is 3.65. The first-order valence-corrected chi connectivity index (χ1v) is 1.90. The van der Waals surface area contributed by atoms with Gasteiger partial charge in [0.1, 0.15) is 6.34 Å². The second-order valence-electron chi connectivity index (χ2n) is 1.10. The molecule has 4 nitrogen and oxygen atoms in total. The van der Waals surface area contributed by atoms with E-state index in [1.807, 2.05) is 0 Å². The fourth-order valence-corrected chi connectivity index (χ4v) is 0.317. The second kappa shape index (κ2) is 1.70. The number of hydroxylamine groups is 1. The van der Waals surface area contributed by atoms with Crippen molar-refractivity contribution in [3.8, 4) is 0 Å². The fraction of sp³-hybridized carbons (Fsp3) is 0.333. The summed E-state index contributed by atoms with van der Waals surface area (Å²) in [7, 11) is 0. The average Bonchev–Trinajstić information content (AvgIpc) is 1.69. The number of rotatable bonds is 0. The van der Waals surface area contributed by atoms with Crippen LogP contribution in [0.2, 0.25) is 0 Å². The molecule has 0 unspecified atom stereocenters. The minimum Gasteiger partial charge on any atom is -0.266 e. The Bertz CT molecular complexity index is 96.7. The maximum absolute atomic E-state index is 8.40. The van der Waals surface area contributed by atoms with E-state index in [0.717, 1.165) is 0 Å². The molecule has 0 aromatic carbocycles. The van der Waals surface area contributed by atoms with Crippen LogP contribution >= 0.6 is 0 Å². The summed E-state index contributed by atoms with van der Waals surface area (Å²) in [4.78, 5) is 3.66. The first-order chi connectivity index (χ1) is 3.39. The van der Waals surface area contributed by atoms with Gasteiger partial charge in [0.05, 0.1) is 6.54 Å². The minimum absolute atomic E-state index is 0.567. The summed E-state index contributed by atoms with van der Waals surface area (Å²) in [6.45, 7) is 0.567. The third-order valence-corrected chi connectivity index (χ3v) is 0.572. The van der Waals surface area contributed by atoms with Gasteiger partial charge in [-0.3, -0.25) is 10.2 Å². The highest BCUT2D eigenvalue weighted by atomic mass is 16.5. The monoisotopic (exact) mass is 99.0 g/mol. The first-order valence-electron chi connectivity index (χ1n) is 1.90. The lowest BCUT2D eigenvalue weighted by molar-refractivity contribution is -0.00664. The van der Waals surface area contributed by atoms with Crippen molar-refractivity contribution < 1.29 is 5.21 Å². The molecule has 0 aromatic rings. The van der Waals surface area contributed by atoms with Gasteiger partial charge < -0.3 is 0 Å². The summed E-state index contributed by atoms with van der Waals surface area (Å²) in [5, 5.41) is 12.5. The summed E-state index contributed by atoms with van der Waals surface area (Å²) in [6, 6.07) is 0. The van der Waals surface area contributed by atoms with E-state index in [0.29, 0.717) is 11.7 Å². The van der Waals surface area contributed by atoms with Gasteiger partial charge in [-0.05, 0) is 0 Å². The molecule has 7 heavy (non-hydrogen) atoms. The molecule has 1 N–H and O–H groups in total. The van der Waals surface area contributed by atoms with Gasteiger partial charge in [-0.2, -0.15) is 5.10 Å². The van der Waals surface area contributed by atoms with Crippen molar-refractivity contribution in [2.45, 2.75) is 0 Å². The van der Waals surface area contributed by atoms with Crippen LogP contribution in [0, 0.1) is 0 Å². The predicted octanol–water partition coefficient (Wildman–Crippen LogP) is -0.295. The van der Waals surface area contributed by atoms with Gasteiger partial charge in [-0.15, -0.1) is 5.17 Å². The lowest BCUT2D eigenvalue weighted by Gasteiger charge is -2.03. The van der Waals surface area contributed by atoms with Gasteiger partial charge in [0.15, 0.2) is 0 Å². The molecule has 0 saturated heterocycles. The number of hydrazone groups is 1. The first kappa shape index (κ1) is 4.26. The van der Waals surface area contributed by atoms with Crippen molar-refractivity contribution >= 4 is 12.6 Å². The highest BCUT2D eigenvalue weighted by Crippen LogP contribution is 1.80. The van der Waals surface area contributed by atoms with Crippen molar-refractivity contribution in [1.82, 2.24) is 5.17 Å². The quantitative estimate of drug-likeness (QED) is 0.453. The van der Waals surface area contributed by atoms with E-state index in [1.165, 1.54) is 12.6 Å². The minimum atomic E-state index is 0.567. The van der Waals surface area contributed by atoms with Crippen LogP contribution in [0.25, 0.3) is 0 Å². The van der Waals surface area contributed by atoms with E-state index in [2.05, 4.69) is 10.1 Å². The molecule has 1 aliphatic rings. The Kier molecular flexibility index (Phi) is 1.04. The third-order valence-electron chi connectivity index (χ3n) is 0.572. The molecule has 1 aliphatic heterocycles. The summed E-state index contributed by atoms with van der Waals surface area (Å²) in [6.07, 6.45) is 2.76. The van der Waals surface area contributed by atoms with Crippen molar-refractivity contribution in [1.29, 1.82) is 0 Å². The van der Waals surface area contributed by atoms with Crippen LogP contribution in [-0.2, 0) is 0 Å². The van der Waals surface area contributed by atoms with Crippen LogP contribution in [0.1, 0.15) is 0 Å². The molecule has 1 rings (SSSR count). The van der Waals surface area contributed by atoms with E-state index in [1.54, 1.807) is 0 Å². The second-order valence-corrected chi connectivity index (χ2v) is 1.10. The maximum atomic E-state index is 8.40. The topological polar surface area (TPSA) is 48.2 Å². The highest BCUT2D eigenvalue weighted by Gasteiger charge is 1.88. The van der Waals surface area contributed by atoms with Gasteiger partial charge in [-0.25, -0.2) is 0 Å². The molecule has 4 heteroatoms. The number of nitrogens with zero attached hydrogens (tertiary/aromatic N) is 3. The Labute approximate surface area is 40.7 Å². The number of hydrogen-bond donors (Lipinski definition) is 1. The molecule has 0 aromatic heterocycles. The number of aliphatic imine (C=N–C) groups is 1. The Morgan fingerprint density at radius 1 is 1.71 bits per heavy atom. The van der Waals surface area contributed by atoms with Crippen molar-refractivity contribution in [3.63, 3.8) is 0 Å². The molecule has 0 atom stereocenters. The van der Waals surface area contributed by atoms with Crippen molar-refractivity contribution in [3.05, 3.63) is 0 Å². The van der Waals surface area contributed by atoms with Crippen LogP contribution < -0.4 is 0 Å². The molecule has 38 valence electrons. The average molecular weight is 99.1 g/mol. The summed E-state index contributed by atoms with van der Waals surface area (Å²) < 4.78 is 0. The SMILES string of the molecule is ON1C=NCC=N1. The molecule has 0 spiro atoms. The molecule has 1 heterocycles. The highest BCUT2D eigenvalue weighted by molar-refractivity contribution is 5.68. The molecule has 0 amide bonds. The Morgan fingerprint density at radius 2 is 2.57 bits per heavy atom. The lowest BCUT2D eigenvalue weighted by Crippen LogP contribution is -2.13. The largest absolute Gasteiger partial charge is 0.266 e. The summed E-state index contributed by atoms with van der Waals surface area (Å²) in [5.41, 5.74) is 0. The van der Waals surface area contributed by atoms with E-state index < -0.39 is 0 Å².